The molecule has 172 valence electrons. The lowest BCUT2D eigenvalue weighted by Gasteiger charge is -2.36. The Morgan fingerprint density at radius 2 is 1.97 bits per heavy atom. The fraction of sp³-hybridized carbons (Fsp3) is 0.600. The van der Waals surface area contributed by atoms with Crippen molar-refractivity contribution >= 4 is 50.3 Å². The van der Waals surface area contributed by atoms with E-state index in [2.05, 4.69) is 4.72 Å². The van der Waals surface area contributed by atoms with Gasteiger partial charge in [0, 0.05) is 24.5 Å². The Balaban J connectivity index is 1.71. The minimum Gasteiger partial charge on any atom is -0.378 e. The zero-order valence-electron chi connectivity index (χ0n) is 17.8. The van der Waals surface area contributed by atoms with Gasteiger partial charge in [0.25, 0.3) is 0 Å². The van der Waals surface area contributed by atoms with Crippen LogP contribution in [-0.4, -0.2) is 75.0 Å². The number of thiophene rings is 1. The van der Waals surface area contributed by atoms with Crippen molar-refractivity contribution in [2.45, 2.75) is 39.3 Å². The maximum absolute atomic E-state index is 13.1. The van der Waals surface area contributed by atoms with Crippen molar-refractivity contribution in [2.75, 3.05) is 32.8 Å². The van der Waals surface area contributed by atoms with Crippen LogP contribution in [0.2, 0.25) is 4.34 Å². The van der Waals surface area contributed by atoms with Gasteiger partial charge in [-0.1, -0.05) is 25.4 Å². The Kier molecular flexibility index (Phi) is 7.80. The third-order valence-electron chi connectivity index (χ3n) is 5.38. The van der Waals surface area contributed by atoms with Crippen molar-refractivity contribution < 1.29 is 22.7 Å². The summed E-state index contributed by atoms with van der Waals surface area (Å²) in [5, 5.41) is 1.11. The summed E-state index contributed by atoms with van der Waals surface area (Å²) >= 11 is 7.21. The van der Waals surface area contributed by atoms with Crippen LogP contribution >= 0.6 is 22.9 Å². The molecule has 0 radical (unpaired) electrons. The number of likely N-dealkylation sites (tertiary alicyclic amines) is 1. The van der Waals surface area contributed by atoms with Gasteiger partial charge in [0.2, 0.25) is 21.8 Å². The highest BCUT2D eigenvalue weighted by Gasteiger charge is 2.42. The second-order valence-electron chi connectivity index (χ2n) is 8.07. The monoisotopic (exact) mass is 489 g/mol. The van der Waals surface area contributed by atoms with Gasteiger partial charge in [-0.25, -0.2) is 8.42 Å². The van der Waals surface area contributed by atoms with Gasteiger partial charge >= 0.3 is 0 Å². The largest absolute Gasteiger partial charge is 0.378 e. The minimum atomic E-state index is -3.85. The number of carbonyl (C=O) groups is 2. The van der Waals surface area contributed by atoms with E-state index in [1.807, 2.05) is 13.8 Å². The van der Waals surface area contributed by atoms with Gasteiger partial charge in [0.1, 0.15) is 12.1 Å². The van der Waals surface area contributed by atoms with Crippen molar-refractivity contribution in [3.63, 3.8) is 0 Å². The van der Waals surface area contributed by atoms with Crippen LogP contribution in [0.15, 0.2) is 17.5 Å². The summed E-state index contributed by atoms with van der Waals surface area (Å²) < 4.78 is 33.6. The molecule has 1 N–H and O–H groups in total. The summed E-state index contributed by atoms with van der Waals surface area (Å²) in [6, 6.07) is 1.95. The first-order valence-corrected chi connectivity index (χ1v) is 13.0. The van der Waals surface area contributed by atoms with Gasteiger partial charge in [-0.2, -0.15) is 4.72 Å². The molecule has 0 saturated carbocycles. The van der Waals surface area contributed by atoms with Gasteiger partial charge < -0.3 is 14.5 Å². The van der Waals surface area contributed by atoms with Crippen molar-refractivity contribution in [2.24, 2.45) is 5.92 Å². The summed E-state index contributed by atoms with van der Waals surface area (Å²) in [6.45, 7) is 7.75. The van der Waals surface area contributed by atoms with E-state index in [1.165, 1.54) is 16.2 Å². The number of hydrogen-bond donors (Lipinski definition) is 1. The number of morpholine rings is 1. The molecule has 8 nitrogen and oxygen atoms in total. The molecule has 2 atom stereocenters. The van der Waals surface area contributed by atoms with E-state index in [0.717, 1.165) is 10.3 Å². The zero-order valence-corrected chi connectivity index (χ0v) is 20.2. The SMILES string of the molecule is C/C(=C/S(=O)(=O)NC1CCN(C(C(=O)N2CCOCC2)C(C)C)C1=O)c1ccc(Cl)s1. The molecule has 3 heterocycles. The summed E-state index contributed by atoms with van der Waals surface area (Å²) in [6.07, 6.45) is 0.315. The molecule has 0 aliphatic carbocycles. The second kappa shape index (κ2) is 9.99. The fourth-order valence-corrected chi connectivity index (χ4v) is 6.25. The molecule has 0 aromatic carbocycles. The second-order valence-corrected chi connectivity index (χ2v) is 11.3. The Hall–Kier alpha value is -1.46. The first-order valence-electron chi connectivity index (χ1n) is 10.2. The Bertz CT molecular complexity index is 954. The number of ether oxygens (including phenoxy) is 1. The smallest absolute Gasteiger partial charge is 0.245 e. The average molecular weight is 490 g/mol. The summed E-state index contributed by atoms with van der Waals surface area (Å²) in [4.78, 5) is 30.1. The molecular formula is C20H28ClN3O5S2. The molecule has 2 aliphatic heterocycles. The number of sulfonamides is 1. The van der Waals surface area contributed by atoms with Crippen LogP contribution in [0.3, 0.4) is 0 Å². The van der Waals surface area contributed by atoms with Crippen LogP contribution in [0, 0.1) is 5.92 Å². The predicted octanol–water partition coefficient (Wildman–Crippen LogP) is 2.17. The third-order valence-corrected chi connectivity index (χ3v) is 8.03. The lowest BCUT2D eigenvalue weighted by atomic mass is 10.0. The van der Waals surface area contributed by atoms with Gasteiger partial charge in [-0.05, 0) is 37.0 Å². The fourth-order valence-electron chi connectivity index (χ4n) is 3.89. The topological polar surface area (TPSA) is 96.0 Å². The molecular weight excluding hydrogens is 462 g/mol. The van der Waals surface area contributed by atoms with Crippen LogP contribution in [0.5, 0.6) is 0 Å². The van der Waals surface area contributed by atoms with E-state index in [-0.39, 0.29) is 17.7 Å². The number of rotatable bonds is 7. The molecule has 3 rings (SSSR count). The Morgan fingerprint density at radius 3 is 2.55 bits per heavy atom. The molecule has 0 bridgehead atoms. The first kappa shape index (κ1) is 24.2. The molecule has 2 fully saturated rings. The van der Waals surface area contributed by atoms with E-state index in [1.54, 1.807) is 24.0 Å². The first-order chi connectivity index (χ1) is 14.6. The maximum atomic E-state index is 13.1. The number of allylic oxidation sites excluding steroid dienone is 1. The molecule has 2 saturated heterocycles. The zero-order chi connectivity index (χ0) is 22.8. The molecule has 11 heteroatoms. The third kappa shape index (κ3) is 5.87. The Morgan fingerprint density at radius 1 is 1.29 bits per heavy atom. The number of nitrogens with one attached hydrogen (secondary N) is 1. The highest BCUT2D eigenvalue weighted by Crippen LogP contribution is 2.28. The molecule has 0 spiro atoms. The van der Waals surface area contributed by atoms with Crippen molar-refractivity contribution in [3.8, 4) is 0 Å². The number of carbonyl (C=O) groups excluding carboxylic acids is 2. The normalized spacial score (nSPS) is 21.8. The quantitative estimate of drug-likeness (QED) is 0.633. The number of nitrogens with zero attached hydrogens (tertiary/aromatic N) is 2. The van der Waals surface area contributed by atoms with Gasteiger partial charge in [-0.15, -0.1) is 11.3 Å². The molecule has 1 aromatic heterocycles. The number of amides is 2. The highest BCUT2D eigenvalue weighted by molar-refractivity contribution is 7.92. The van der Waals surface area contributed by atoms with E-state index >= 15 is 0 Å². The van der Waals surface area contributed by atoms with E-state index < -0.39 is 22.1 Å². The van der Waals surface area contributed by atoms with Gasteiger partial charge in [-0.3, -0.25) is 9.59 Å². The van der Waals surface area contributed by atoms with E-state index in [0.29, 0.717) is 49.2 Å². The minimum absolute atomic E-state index is 0.0969. The summed E-state index contributed by atoms with van der Waals surface area (Å²) in [7, 11) is -3.85. The lowest BCUT2D eigenvalue weighted by Crippen LogP contribution is -2.55. The van der Waals surface area contributed by atoms with Crippen molar-refractivity contribution in [3.05, 3.63) is 26.8 Å². The average Bonchev–Trinajstić information content (AvgIpc) is 3.29. The van der Waals surface area contributed by atoms with Gasteiger partial charge in [0.15, 0.2) is 0 Å². The lowest BCUT2D eigenvalue weighted by molar-refractivity contribution is -0.148. The van der Waals surface area contributed by atoms with Crippen molar-refractivity contribution in [1.82, 2.24) is 14.5 Å². The van der Waals surface area contributed by atoms with Crippen LogP contribution in [0.25, 0.3) is 5.57 Å². The van der Waals surface area contributed by atoms with Crippen LogP contribution in [0.1, 0.15) is 32.1 Å². The van der Waals surface area contributed by atoms with Crippen LogP contribution in [0.4, 0.5) is 0 Å². The summed E-state index contributed by atoms with van der Waals surface area (Å²) in [5.41, 5.74) is 0.536. The van der Waals surface area contributed by atoms with E-state index in [9.17, 15) is 18.0 Å². The molecule has 2 aliphatic rings. The van der Waals surface area contributed by atoms with E-state index in [4.69, 9.17) is 16.3 Å². The standard InChI is InChI=1S/C20H28ClN3O5S2/c1-13(2)18(20(26)23-8-10-29-11-9-23)24-7-6-15(19(24)25)22-31(27,28)12-14(3)16-4-5-17(21)30-16/h4-5,12-13,15,18,22H,6-11H2,1-3H3/b14-12-. The van der Waals surface area contributed by atoms with Crippen LogP contribution < -0.4 is 4.72 Å². The highest BCUT2D eigenvalue weighted by atomic mass is 35.5. The predicted molar refractivity (Wildman–Crippen MR) is 121 cm³/mol. The molecule has 31 heavy (non-hydrogen) atoms. The number of halogens is 1. The molecule has 2 amide bonds. The summed E-state index contributed by atoms with van der Waals surface area (Å²) in [5.74, 6) is -0.574. The Labute approximate surface area is 192 Å². The van der Waals surface area contributed by atoms with Gasteiger partial charge in [0.05, 0.1) is 23.0 Å². The van der Waals surface area contributed by atoms with Crippen molar-refractivity contribution in [1.29, 1.82) is 0 Å². The molecule has 2 unspecified atom stereocenters. The van der Waals surface area contributed by atoms with Crippen LogP contribution in [-0.2, 0) is 24.3 Å². The maximum Gasteiger partial charge on any atom is 0.245 e. The number of hydrogen-bond acceptors (Lipinski definition) is 6. The molecule has 1 aromatic rings.